The van der Waals surface area contributed by atoms with E-state index in [2.05, 4.69) is 77.7 Å². The predicted octanol–water partition coefficient (Wildman–Crippen LogP) is 5.01. The van der Waals surface area contributed by atoms with Crippen LogP contribution in [-0.2, 0) is 10.8 Å². The van der Waals surface area contributed by atoms with E-state index < -0.39 is 0 Å². The van der Waals surface area contributed by atoms with Gasteiger partial charge in [0.1, 0.15) is 5.75 Å². The molecule has 0 saturated carbocycles. The molecular weight excluding hydrogens is 352 g/mol. The fourth-order valence-corrected chi connectivity index (χ4v) is 4.68. The lowest BCUT2D eigenvalue weighted by Crippen LogP contribution is -2.47. The Labute approximate surface area is 171 Å². The highest BCUT2D eigenvalue weighted by Gasteiger charge is 2.28. The number of hydrogen-bond donors (Lipinski definition) is 2. The lowest BCUT2D eigenvalue weighted by atomic mass is 9.79. The minimum atomic E-state index is -0.0724. The zero-order valence-corrected chi connectivity index (χ0v) is 19.5. The van der Waals surface area contributed by atoms with E-state index in [4.69, 9.17) is 0 Å². The first-order chi connectivity index (χ1) is 12.3. The Balaban J connectivity index is 2.19. The van der Waals surface area contributed by atoms with Crippen molar-refractivity contribution >= 4 is 11.8 Å². The number of nitrogens with one attached hydrogen (secondary N) is 1. The lowest BCUT2D eigenvalue weighted by Gasteiger charge is -2.35. The van der Waals surface area contributed by atoms with Gasteiger partial charge in [0.2, 0.25) is 0 Å². The van der Waals surface area contributed by atoms with Crippen molar-refractivity contribution in [1.82, 2.24) is 10.2 Å². The maximum absolute atomic E-state index is 10.9. The predicted molar refractivity (Wildman–Crippen MR) is 119 cm³/mol. The Morgan fingerprint density at radius 1 is 0.926 bits per heavy atom. The van der Waals surface area contributed by atoms with E-state index in [1.165, 1.54) is 4.90 Å². The number of aromatic hydroxyl groups is 1. The van der Waals surface area contributed by atoms with Crippen molar-refractivity contribution in [2.24, 2.45) is 5.41 Å². The van der Waals surface area contributed by atoms with Crippen molar-refractivity contribution in [3.8, 4) is 5.75 Å². The fraction of sp³-hybridized carbons (Fsp3) is 0.739. The average molecular weight is 393 g/mol. The Hall–Kier alpha value is -0.710. The SMILES string of the molecule is CC(C)(CSc1cc(C(C)(C)C)c(O)c(C(C)(C)C)c1)CN1CCNCC1. The van der Waals surface area contributed by atoms with Gasteiger partial charge in [0.15, 0.2) is 0 Å². The molecule has 2 rings (SSSR count). The molecule has 0 radical (unpaired) electrons. The van der Waals surface area contributed by atoms with Gasteiger partial charge in [-0.25, -0.2) is 0 Å². The second kappa shape index (κ2) is 8.34. The highest BCUT2D eigenvalue weighted by Crippen LogP contribution is 2.42. The van der Waals surface area contributed by atoms with Gasteiger partial charge in [-0.2, -0.15) is 0 Å². The second-order valence-corrected chi connectivity index (χ2v) is 11.9. The number of phenolic OH excluding ortho intramolecular Hbond substituents is 1. The quantitative estimate of drug-likeness (QED) is 0.691. The molecule has 1 saturated heterocycles. The summed E-state index contributed by atoms with van der Waals surface area (Å²) in [4.78, 5) is 3.85. The van der Waals surface area contributed by atoms with Crippen LogP contribution in [-0.4, -0.2) is 48.5 Å². The van der Waals surface area contributed by atoms with Crippen LogP contribution in [0, 0.1) is 5.41 Å². The maximum Gasteiger partial charge on any atom is 0.123 e. The molecular formula is C23H40N2OS. The molecule has 1 aromatic rings. The molecule has 0 amide bonds. The van der Waals surface area contributed by atoms with E-state index in [0.29, 0.717) is 5.75 Å². The molecule has 2 N–H and O–H groups in total. The fourth-order valence-electron chi connectivity index (χ4n) is 3.63. The van der Waals surface area contributed by atoms with Gasteiger partial charge in [0, 0.05) is 54.5 Å². The maximum atomic E-state index is 10.9. The first kappa shape index (κ1) is 22.6. The van der Waals surface area contributed by atoms with Crippen LogP contribution in [0.2, 0.25) is 0 Å². The van der Waals surface area contributed by atoms with Crippen LogP contribution in [0.25, 0.3) is 0 Å². The van der Waals surface area contributed by atoms with Crippen molar-refractivity contribution in [3.63, 3.8) is 0 Å². The third-order valence-electron chi connectivity index (χ3n) is 5.19. The number of nitrogens with zero attached hydrogens (tertiary/aromatic N) is 1. The molecule has 1 aliphatic rings. The summed E-state index contributed by atoms with van der Waals surface area (Å²) in [7, 11) is 0. The minimum Gasteiger partial charge on any atom is -0.507 e. The molecule has 1 aliphatic heterocycles. The summed E-state index contributed by atoms with van der Waals surface area (Å²) >= 11 is 1.93. The first-order valence-corrected chi connectivity index (χ1v) is 11.2. The van der Waals surface area contributed by atoms with Crippen LogP contribution >= 0.6 is 11.8 Å². The summed E-state index contributed by atoms with van der Waals surface area (Å²) in [6.45, 7) is 23.5. The smallest absolute Gasteiger partial charge is 0.123 e. The van der Waals surface area contributed by atoms with Crippen LogP contribution in [0.15, 0.2) is 17.0 Å². The summed E-state index contributed by atoms with van der Waals surface area (Å²) in [5.74, 6) is 1.55. The number of benzene rings is 1. The number of thioether (sulfide) groups is 1. The van der Waals surface area contributed by atoms with Gasteiger partial charge in [-0.3, -0.25) is 0 Å². The number of hydrogen-bond acceptors (Lipinski definition) is 4. The van der Waals surface area contributed by atoms with E-state index >= 15 is 0 Å². The molecule has 0 aliphatic carbocycles. The summed E-state index contributed by atoms with van der Waals surface area (Å²) in [5, 5.41) is 14.3. The van der Waals surface area contributed by atoms with Crippen molar-refractivity contribution in [2.75, 3.05) is 38.5 Å². The van der Waals surface area contributed by atoms with Gasteiger partial charge in [-0.1, -0.05) is 55.4 Å². The molecule has 0 spiro atoms. The highest BCUT2D eigenvalue weighted by molar-refractivity contribution is 7.99. The molecule has 0 bridgehead atoms. The average Bonchev–Trinajstić information content (AvgIpc) is 2.52. The first-order valence-electron chi connectivity index (χ1n) is 10.2. The topological polar surface area (TPSA) is 35.5 Å². The lowest BCUT2D eigenvalue weighted by molar-refractivity contribution is 0.175. The second-order valence-electron chi connectivity index (χ2n) is 10.8. The van der Waals surface area contributed by atoms with E-state index in [-0.39, 0.29) is 16.2 Å². The number of piperazine rings is 1. The van der Waals surface area contributed by atoms with Gasteiger partial charge in [-0.05, 0) is 28.4 Å². The third-order valence-corrected chi connectivity index (χ3v) is 6.69. The van der Waals surface area contributed by atoms with Crippen molar-refractivity contribution < 1.29 is 5.11 Å². The summed E-state index contributed by atoms with van der Waals surface area (Å²) in [5.41, 5.74) is 2.21. The van der Waals surface area contributed by atoms with E-state index in [1.54, 1.807) is 0 Å². The molecule has 0 atom stereocenters. The van der Waals surface area contributed by atoms with Crippen LogP contribution in [0.3, 0.4) is 0 Å². The normalized spacial score (nSPS) is 17.3. The molecule has 3 nitrogen and oxygen atoms in total. The monoisotopic (exact) mass is 392 g/mol. The minimum absolute atomic E-state index is 0.0724. The third kappa shape index (κ3) is 6.40. The molecule has 27 heavy (non-hydrogen) atoms. The van der Waals surface area contributed by atoms with Gasteiger partial charge in [0.25, 0.3) is 0 Å². The van der Waals surface area contributed by atoms with Crippen molar-refractivity contribution in [3.05, 3.63) is 23.3 Å². The molecule has 4 heteroatoms. The highest BCUT2D eigenvalue weighted by atomic mass is 32.2. The van der Waals surface area contributed by atoms with Crippen molar-refractivity contribution in [2.45, 2.75) is 71.1 Å². The van der Waals surface area contributed by atoms with E-state index in [9.17, 15) is 5.11 Å². The van der Waals surface area contributed by atoms with E-state index in [1.807, 2.05) is 11.8 Å². The molecule has 1 aromatic carbocycles. The van der Waals surface area contributed by atoms with Crippen molar-refractivity contribution in [1.29, 1.82) is 0 Å². The Bertz CT molecular complexity index is 600. The van der Waals surface area contributed by atoms with Gasteiger partial charge < -0.3 is 15.3 Å². The summed E-state index contributed by atoms with van der Waals surface area (Å²) in [6.07, 6.45) is 0. The molecule has 0 unspecified atom stereocenters. The molecule has 1 heterocycles. The van der Waals surface area contributed by atoms with Crippen LogP contribution in [0.1, 0.15) is 66.5 Å². The number of phenols is 1. The largest absolute Gasteiger partial charge is 0.507 e. The Morgan fingerprint density at radius 3 is 1.85 bits per heavy atom. The molecule has 1 fully saturated rings. The summed E-state index contributed by atoms with van der Waals surface area (Å²) in [6, 6.07) is 4.41. The standard InChI is InChI=1S/C23H40N2OS/c1-21(2,3)18-13-17(14-19(20(18)26)22(4,5)6)27-16-23(7,8)15-25-11-9-24-10-12-25/h13-14,24,26H,9-12,15-16H2,1-8H3. The molecule has 0 aromatic heterocycles. The number of rotatable bonds is 5. The zero-order chi connectivity index (χ0) is 20.5. The Kier molecular flexibility index (Phi) is 6.98. The van der Waals surface area contributed by atoms with Gasteiger partial charge >= 0.3 is 0 Å². The Morgan fingerprint density at radius 2 is 1.41 bits per heavy atom. The summed E-state index contributed by atoms with van der Waals surface area (Å²) < 4.78 is 0. The zero-order valence-electron chi connectivity index (χ0n) is 18.7. The van der Waals surface area contributed by atoms with Crippen LogP contribution < -0.4 is 5.32 Å². The van der Waals surface area contributed by atoms with E-state index in [0.717, 1.165) is 49.6 Å². The van der Waals surface area contributed by atoms with Gasteiger partial charge in [0.05, 0.1) is 0 Å². The van der Waals surface area contributed by atoms with Crippen LogP contribution in [0.4, 0.5) is 0 Å². The van der Waals surface area contributed by atoms with Gasteiger partial charge in [-0.15, -0.1) is 11.8 Å². The van der Waals surface area contributed by atoms with Crippen LogP contribution in [0.5, 0.6) is 5.75 Å². The molecule has 154 valence electrons.